The molecular weight excluding hydrogens is 252 g/mol. The molecule has 0 radical (unpaired) electrons. The molecule has 0 aromatic carbocycles. The van der Waals surface area contributed by atoms with Gasteiger partial charge in [-0.05, 0) is 6.42 Å². The normalized spacial score (nSPS) is 23.1. The number of aliphatic hydroxyl groups is 2. The van der Waals surface area contributed by atoms with E-state index in [1.54, 1.807) is 11.9 Å². The number of aryl methyl sites for hydroxylation is 2. The van der Waals surface area contributed by atoms with Crippen molar-refractivity contribution in [3.63, 3.8) is 0 Å². The minimum atomic E-state index is -0.885. The Morgan fingerprint density at radius 1 is 1.42 bits per heavy atom. The zero-order chi connectivity index (χ0) is 14.2. The van der Waals surface area contributed by atoms with Gasteiger partial charge in [-0.15, -0.1) is 0 Å². The Morgan fingerprint density at radius 2 is 2.00 bits per heavy atom. The molecule has 0 bridgehead atoms. The fourth-order valence-corrected chi connectivity index (χ4v) is 2.45. The average molecular weight is 270 g/mol. The Kier molecular flexibility index (Phi) is 3.72. The Labute approximate surface area is 110 Å². The second-order valence-corrected chi connectivity index (χ2v) is 4.79. The smallest absolute Gasteiger partial charge is 0.334 e. The highest BCUT2D eigenvalue weighted by molar-refractivity contribution is 5.62. The number of anilines is 1. The van der Waals surface area contributed by atoms with Crippen LogP contribution in [0.3, 0.4) is 0 Å². The summed E-state index contributed by atoms with van der Waals surface area (Å²) >= 11 is 0. The molecule has 2 N–H and O–H groups in total. The highest BCUT2D eigenvalue weighted by Crippen LogP contribution is 2.34. The molecule has 0 saturated carbocycles. The second-order valence-electron chi connectivity index (χ2n) is 4.79. The van der Waals surface area contributed by atoms with Crippen LogP contribution in [-0.2, 0) is 13.5 Å². The molecule has 106 valence electrons. The summed E-state index contributed by atoms with van der Waals surface area (Å²) in [4.78, 5) is 12.4. The molecule has 1 saturated heterocycles. The van der Waals surface area contributed by atoms with Gasteiger partial charge < -0.3 is 15.1 Å². The lowest BCUT2D eigenvalue weighted by atomic mass is 10.2. The Bertz CT molecular complexity index is 477. The molecule has 2 heterocycles. The highest BCUT2D eigenvalue weighted by atomic mass is 16.6. The van der Waals surface area contributed by atoms with Gasteiger partial charge in [-0.3, -0.25) is 10.1 Å². The quantitative estimate of drug-likeness (QED) is 0.581. The van der Waals surface area contributed by atoms with Crippen molar-refractivity contribution in [1.29, 1.82) is 0 Å². The number of nitro groups is 1. The van der Waals surface area contributed by atoms with E-state index in [9.17, 15) is 20.3 Å². The summed E-state index contributed by atoms with van der Waals surface area (Å²) in [5, 5.41) is 34.6. The average Bonchev–Trinajstić information content (AvgIpc) is 2.81. The van der Waals surface area contributed by atoms with Crippen LogP contribution in [0, 0.1) is 10.1 Å². The summed E-state index contributed by atoms with van der Waals surface area (Å²) in [5.41, 5.74) is 0.423. The summed E-state index contributed by atoms with van der Waals surface area (Å²) in [6.45, 7) is 2.28. The van der Waals surface area contributed by atoms with Gasteiger partial charge >= 0.3 is 5.69 Å². The van der Waals surface area contributed by atoms with E-state index in [4.69, 9.17) is 0 Å². The van der Waals surface area contributed by atoms with Crippen molar-refractivity contribution in [2.24, 2.45) is 7.05 Å². The van der Waals surface area contributed by atoms with E-state index < -0.39 is 17.1 Å². The Morgan fingerprint density at radius 3 is 2.47 bits per heavy atom. The number of rotatable bonds is 4. The minimum absolute atomic E-state index is 0.0225. The SMILES string of the molecule is CCCc1nn(C)c(N2CC(O)C(O)C2)c1[N+](=O)[O-]. The highest BCUT2D eigenvalue weighted by Gasteiger charge is 2.37. The van der Waals surface area contributed by atoms with Gasteiger partial charge in [-0.2, -0.15) is 5.10 Å². The maximum atomic E-state index is 11.3. The molecule has 2 atom stereocenters. The van der Waals surface area contributed by atoms with Crippen LogP contribution in [0.15, 0.2) is 0 Å². The predicted molar refractivity (Wildman–Crippen MR) is 68.1 cm³/mol. The molecule has 1 fully saturated rings. The number of nitrogens with zero attached hydrogens (tertiary/aromatic N) is 4. The molecule has 19 heavy (non-hydrogen) atoms. The van der Waals surface area contributed by atoms with E-state index in [2.05, 4.69) is 5.10 Å². The number of β-amino-alcohol motifs (C(OH)–C–C–N with tert-alkyl or cyclic N) is 2. The van der Waals surface area contributed by atoms with E-state index in [-0.39, 0.29) is 18.8 Å². The van der Waals surface area contributed by atoms with Gasteiger partial charge in [0.2, 0.25) is 5.82 Å². The van der Waals surface area contributed by atoms with Gasteiger partial charge in [0.15, 0.2) is 0 Å². The molecule has 1 aromatic rings. The van der Waals surface area contributed by atoms with Crippen LogP contribution in [0.2, 0.25) is 0 Å². The standard InChI is InChI=1S/C11H18N4O4/c1-3-4-7-10(15(18)19)11(13(2)12-7)14-5-8(16)9(17)6-14/h8-9,16-17H,3-6H2,1-2H3. The van der Waals surface area contributed by atoms with Gasteiger partial charge in [0.05, 0.1) is 17.1 Å². The summed E-state index contributed by atoms with van der Waals surface area (Å²) in [6, 6.07) is 0. The van der Waals surface area contributed by atoms with E-state index in [0.717, 1.165) is 6.42 Å². The van der Waals surface area contributed by atoms with Crippen LogP contribution in [0.1, 0.15) is 19.0 Å². The van der Waals surface area contributed by atoms with Crippen LogP contribution in [0.5, 0.6) is 0 Å². The first kappa shape index (κ1) is 13.8. The van der Waals surface area contributed by atoms with E-state index in [1.165, 1.54) is 4.68 Å². The van der Waals surface area contributed by atoms with Crippen molar-refractivity contribution < 1.29 is 15.1 Å². The first-order valence-electron chi connectivity index (χ1n) is 6.27. The molecule has 1 aliphatic rings. The van der Waals surface area contributed by atoms with Gasteiger partial charge in [0.25, 0.3) is 0 Å². The fraction of sp³-hybridized carbons (Fsp3) is 0.727. The Hall–Kier alpha value is -1.67. The number of aromatic nitrogens is 2. The number of hydrogen-bond donors (Lipinski definition) is 2. The van der Waals surface area contributed by atoms with Crippen molar-refractivity contribution in [3.05, 3.63) is 15.8 Å². The molecule has 0 aliphatic carbocycles. The van der Waals surface area contributed by atoms with Crippen LogP contribution < -0.4 is 4.90 Å². The van der Waals surface area contributed by atoms with Gasteiger partial charge in [0, 0.05) is 20.1 Å². The maximum Gasteiger partial charge on any atom is 0.334 e. The lowest BCUT2D eigenvalue weighted by Crippen LogP contribution is -2.24. The molecule has 0 spiro atoms. The van der Waals surface area contributed by atoms with Crippen LogP contribution >= 0.6 is 0 Å². The van der Waals surface area contributed by atoms with Gasteiger partial charge in [-0.1, -0.05) is 13.3 Å². The lowest BCUT2D eigenvalue weighted by Gasteiger charge is -2.16. The molecule has 1 aliphatic heterocycles. The van der Waals surface area contributed by atoms with E-state index in [0.29, 0.717) is 17.9 Å². The summed E-state index contributed by atoms with van der Waals surface area (Å²) in [5.74, 6) is 0.351. The van der Waals surface area contributed by atoms with Gasteiger partial charge in [-0.25, -0.2) is 4.68 Å². The Balaban J connectivity index is 2.42. The van der Waals surface area contributed by atoms with E-state index in [1.807, 2.05) is 6.92 Å². The summed E-state index contributed by atoms with van der Waals surface area (Å²) in [7, 11) is 1.64. The first-order chi connectivity index (χ1) is 8.95. The zero-order valence-corrected chi connectivity index (χ0v) is 11.0. The molecule has 2 unspecified atom stereocenters. The molecular formula is C11H18N4O4. The topological polar surface area (TPSA) is 105 Å². The summed E-state index contributed by atoms with van der Waals surface area (Å²) < 4.78 is 1.45. The van der Waals surface area contributed by atoms with Crippen LogP contribution in [0.4, 0.5) is 11.5 Å². The third-order valence-electron chi connectivity index (χ3n) is 3.29. The summed E-state index contributed by atoms with van der Waals surface area (Å²) in [6.07, 6.45) is -0.473. The van der Waals surface area contributed by atoms with E-state index >= 15 is 0 Å². The van der Waals surface area contributed by atoms with Gasteiger partial charge in [0.1, 0.15) is 5.69 Å². The van der Waals surface area contributed by atoms with Crippen molar-refractivity contribution >= 4 is 11.5 Å². The van der Waals surface area contributed by atoms with Crippen molar-refractivity contribution in [2.75, 3.05) is 18.0 Å². The maximum absolute atomic E-state index is 11.3. The predicted octanol–water partition coefficient (Wildman–Crippen LogP) is -0.177. The monoisotopic (exact) mass is 270 g/mol. The van der Waals surface area contributed by atoms with Crippen molar-refractivity contribution in [2.45, 2.75) is 32.0 Å². The fourth-order valence-electron chi connectivity index (χ4n) is 2.45. The number of hydrogen-bond acceptors (Lipinski definition) is 6. The third-order valence-corrected chi connectivity index (χ3v) is 3.29. The minimum Gasteiger partial charge on any atom is -0.389 e. The molecule has 8 heteroatoms. The lowest BCUT2D eigenvalue weighted by molar-refractivity contribution is -0.384. The molecule has 2 rings (SSSR count). The molecule has 8 nitrogen and oxygen atoms in total. The van der Waals surface area contributed by atoms with Crippen LogP contribution in [0.25, 0.3) is 0 Å². The largest absolute Gasteiger partial charge is 0.389 e. The first-order valence-corrected chi connectivity index (χ1v) is 6.27. The van der Waals surface area contributed by atoms with Crippen molar-refractivity contribution in [3.8, 4) is 0 Å². The van der Waals surface area contributed by atoms with Crippen molar-refractivity contribution in [1.82, 2.24) is 9.78 Å². The molecule has 0 amide bonds. The third kappa shape index (κ3) is 2.41. The molecule has 1 aromatic heterocycles. The van der Waals surface area contributed by atoms with Crippen LogP contribution in [-0.4, -0.2) is 50.2 Å². The zero-order valence-electron chi connectivity index (χ0n) is 11.0. The number of aliphatic hydroxyl groups excluding tert-OH is 2. The second kappa shape index (κ2) is 5.14.